The average Bonchev–Trinajstić information content (AvgIpc) is 3.63. The highest BCUT2D eigenvalue weighted by Crippen LogP contribution is 2.41. The highest BCUT2D eigenvalue weighted by atomic mass is 16.5. The molecule has 1 aromatic heterocycles. The summed E-state index contributed by atoms with van der Waals surface area (Å²) in [5.41, 5.74) is 3.13. The van der Waals surface area contributed by atoms with E-state index >= 15 is 0 Å². The van der Waals surface area contributed by atoms with Crippen molar-refractivity contribution in [1.29, 1.82) is 0 Å². The number of hydrogen-bond donors (Lipinski definition) is 1. The van der Waals surface area contributed by atoms with E-state index in [0.717, 1.165) is 49.6 Å². The summed E-state index contributed by atoms with van der Waals surface area (Å²) in [6.07, 6.45) is 10.3. The van der Waals surface area contributed by atoms with Gasteiger partial charge in [-0.25, -0.2) is 0 Å². The number of nitrogens with zero attached hydrogens (tertiary/aromatic N) is 2. The Morgan fingerprint density at radius 3 is 2.89 bits per heavy atom. The van der Waals surface area contributed by atoms with Crippen molar-refractivity contribution in [2.75, 3.05) is 13.2 Å². The van der Waals surface area contributed by atoms with E-state index in [1.165, 1.54) is 24.8 Å². The van der Waals surface area contributed by atoms with Crippen LogP contribution in [0.15, 0.2) is 36.7 Å². The number of benzene rings is 1. The Bertz CT molecular complexity index is 836. The van der Waals surface area contributed by atoms with Gasteiger partial charge in [0.05, 0.1) is 6.20 Å². The van der Waals surface area contributed by atoms with Crippen molar-refractivity contribution >= 4 is 5.78 Å². The molecule has 5 rings (SSSR count). The predicted octanol–water partition coefficient (Wildman–Crippen LogP) is 3.34. The normalized spacial score (nSPS) is 25.0. The summed E-state index contributed by atoms with van der Waals surface area (Å²) in [7, 11) is 0. The van der Waals surface area contributed by atoms with E-state index in [-0.39, 0.29) is 5.78 Å². The molecule has 0 amide bonds. The fourth-order valence-electron chi connectivity index (χ4n) is 4.31. The van der Waals surface area contributed by atoms with Crippen molar-refractivity contribution < 1.29 is 9.53 Å². The van der Waals surface area contributed by atoms with Gasteiger partial charge in [-0.05, 0) is 55.2 Å². The molecule has 3 aliphatic rings. The molecule has 2 saturated carbocycles. The fraction of sp³-hybridized carbons (Fsp3) is 0.565. The number of aromatic nitrogens is 2. The van der Waals surface area contributed by atoms with Crippen LogP contribution in [0.2, 0.25) is 0 Å². The largest absolute Gasteiger partial charge is 0.381 e. The van der Waals surface area contributed by atoms with Crippen LogP contribution in [0.25, 0.3) is 0 Å². The zero-order valence-corrected chi connectivity index (χ0v) is 16.3. The third-order valence-corrected chi connectivity index (χ3v) is 6.29. The molecule has 28 heavy (non-hydrogen) atoms. The van der Waals surface area contributed by atoms with Crippen LogP contribution in [0.3, 0.4) is 0 Å². The number of carbonyl (C=O) groups excluding carboxylic acids is 1. The van der Waals surface area contributed by atoms with Crippen molar-refractivity contribution in [3.8, 4) is 0 Å². The van der Waals surface area contributed by atoms with Gasteiger partial charge in [-0.1, -0.05) is 18.2 Å². The molecule has 1 aliphatic heterocycles. The number of rotatable bonds is 8. The molecule has 2 unspecified atom stereocenters. The van der Waals surface area contributed by atoms with Crippen LogP contribution in [0.5, 0.6) is 0 Å². The molecule has 3 fully saturated rings. The van der Waals surface area contributed by atoms with Gasteiger partial charge in [0, 0.05) is 55.9 Å². The Balaban J connectivity index is 1.18. The zero-order chi connectivity index (χ0) is 18.9. The molecule has 5 nitrogen and oxygen atoms in total. The predicted molar refractivity (Wildman–Crippen MR) is 108 cm³/mol. The topological polar surface area (TPSA) is 56.2 Å². The number of hydrogen-bond acceptors (Lipinski definition) is 4. The van der Waals surface area contributed by atoms with Crippen LogP contribution in [0, 0.1) is 5.92 Å². The molecule has 5 heteroatoms. The van der Waals surface area contributed by atoms with Crippen LogP contribution in [-0.2, 0) is 17.7 Å². The summed E-state index contributed by atoms with van der Waals surface area (Å²) in [5.74, 6) is 1.51. The molecular weight excluding hydrogens is 350 g/mol. The van der Waals surface area contributed by atoms with Crippen LogP contribution in [0.1, 0.15) is 59.5 Å². The van der Waals surface area contributed by atoms with Gasteiger partial charge in [-0.15, -0.1) is 0 Å². The van der Waals surface area contributed by atoms with E-state index in [4.69, 9.17) is 4.74 Å². The van der Waals surface area contributed by atoms with Gasteiger partial charge in [0.1, 0.15) is 0 Å². The second-order valence-corrected chi connectivity index (χ2v) is 8.74. The summed E-state index contributed by atoms with van der Waals surface area (Å²) < 4.78 is 7.44. The fourth-order valence-corrected chi connectivity index (χ4v) is 4.31. The van der Waals surface area contributed by atoms with E-state index in [2.05, 4.69) is 22.5 Å². The Kier molecular flexibility index (Phi) is 5.03. The maximum atomic E-state index is 12.8. The molecule has 0 bridgehead atoms. The summed E-state index contributed by atoms with van der Waals surface area (Å²) in [5, 5.41) is 8.19. The van der Waals surface area contributed by atoms with Gasteiger partial charge in [0.25, 0.3) is 0 Å². The van der Waals surface area contributed by atoms with E-state index < -0.39 is 0 Å². The molecule has 2 aliphatic carbocycles. The van der Waals surface area contributed by atoms with Crippen LogP contribution in [0.4, 0.5) is 0 Å². The van der Waals surface area contributed by atoms with E-state index in [1.807, 2.05) is 29.2 Å². The maximum absolute atomic E-state index is 12.8. The molecule has 2 heterocycles. The van der Waals surface area contributed by atoms with Crippen molar-refractivity contribution in [2.45, 2.75) is 63.1 Å². The minimum absolute atomic E-state index is 0.183. The molecule has 148 valence electrons. The van der Waals surface area contributed by atoms with E-state index in [0.29, 0.717) is 24.4 Å². The van der Waals surface area contributed by atoms with Crippen molar-refractivity contribution in [3.63, 3.8) is 0 Å². The first kappa shape index (κ1) is 18.1. The van der Waals surface area contributed by atoms with E-state index in [9.17, 15) is 4.79 Å². The molecule has 1 aromatic carbocycles. The summed E-state index contributed by atoms with van der Waals surface area (Å²) >= 11 is 0. The minimum atomic E-state index is 0.183. The Labute approximate surface area is 166 Å². The monoisotopic (exact) mass is 379 g/mol. The third-order valence-electron chi connectivity index (χ3n) is 6.29. The highest BCUT2D eigenvalue weighted by molar-refractivity contribution is 5.97. The highest BCUT2D eigenvalue weighted by Gasteiger charge is 2.39. The second-order valence-electron chi connectivity index (χ2n) is 8.74. The molecule has 2 aromatic rings. The van der Waals surface area contributed by atoms with Crippen LogP contribution in [-0.4, -0.2) is 40.9 Å². The van der Waals surface area contributed by atoms with Crippen molar-refractivity contribution in [3.05, 3.63) is 53.3 Å². The van der Waals surface area contributed by atoms with Crippen molar-refractivity contribution in [2.24, 2.45) is 5.92 Å². The number of carbonyl (C=O) groups is 1. The standard InChI is InChI=1S/C23H29N3O2/c27-23(10-17-13-24-26(15-17)14-16-4-5-16)19-3-1-2-18(11-19)21-12-22(21)25-20-6-8-28-9-7-20/h1-3,11,13,15-16,20-22,25H,4-10,12,14H2. The molecule has 1 saturated heterocycles. The van der Waals surface area contributed by atoms with Gasteiger partial charge < -0.3 is 10.1 Å². The van der Waals surface area contributed by atoms with E-state index in [1.54, 1.807) is 0 Å². The molecule has 0 spiro atoms. The SMILES string of the molecule is O=C(Cc1cnn(CC2CC2)c1)c1cccc(C2CC2NC2CCOCC2)c1. The Morgan fingerprint density at radius 2 is 2.07 bits per heavy atom. The molecule has 1 N–H and O–H groups in total. The number of nitrogens with one attached hydrogen (secondary N) is 1. The smallest absolute Gasteiger partial charge is 0.167 e. The lowest BCUT2D eigenvalue weighted by Crippen LogP contribution is -2.36. The maximum Gasteiger partial charge on any atom is 0.167 e. The number of Topliss-reactive ketones (excluding diaryl/α,β-unsaturated/α-hetero) is 1. The van der Waals surface area contributed by atoms with Gasteiger partial charge in [0.15, 0.2) is 5.78 Å². The van der Waals surface area contributed by atoms with Gasteiger partial charge in [-0.2, -0.15) is 5.10 Å². The second kappa shape index (κ2) is 7.80. The van der Waals surface area contributed by atoms with Crippen LogP contribution < -0.4 is 5.32 Å². The number of ether oxygens (including phenoxy) is 1. The van der Waals surface area contributed by atoms with Gasteiger partial charge in [-0.3, -0.25) is 9.48 Å². The lowest BCUT2D eigenvalue weighted by molar-refractivity contribution is 0.0774. The number of ketones is 1. The first-order valence-corrected chi connectivity index (χ1v) is 10.7. The Hall–Kier alpha value is -1.98. The quantitative estimate of drug-likeness (QED) is 0.715. The van der Waals surface area contributed by atoms with Gasteiger partial charge >= 0.3 is 0 Å². The lowest BCUT2D eigenvalue weighted by Gasteiger charge is -2.23. The first-order valence-electron chi connectivity index (χ1n) is 10.7. The molecular formula is C23H29N3O2. The molecule has 0 radical (unpaired) electrons. The summed E-state index contributed by atoms with van der Waals surface area (Å²) in [4.78, 5) is 12.8. The van der Waals surface area contributed by atoms with Gasteiger partial charge in [0.2, 0.25) is 0 Å². The Morgan fingerprint density at radius 1 is 1.21 bits per heavy atom. The minimum Gasteiger partial charge on any atom is -0.381 e. The van der Waals surface area contributed by atoms with Crippen molar-refractivity contribution in [1.82, 2.24) is 15.1 Å². The first-order chi connectivity index (χ1) is 13.7. The summed E-state index contributed by atoms with van der Waals surface area (Å²) in [6, 6.07) is 9.38. The third kappa shape index (κ3) is 4.36. The van der Waals surface area contributed by atoms with Crippen LogP contribution >= 0.6 is 0 Å². The zero-order valence-electron chi connectivity index (χ0n) is 16.3. The molecule has 2 atom stereocenters. The lowest BCUT2D eigenvalue weighted by atomic mass is 10.0. The summed E-state index contributed by atoms with van der Waals surface area (Å²) in [6.45, 7) is 2.74. The average molecular weight is 380 g/mol.